The molecule has 2 fully saturated rings. The zero-order valence-electron chi connectivity index (χ0n) is 9.94. The van der Waals surface area contributed by atoms with Crippen LogP contribution in [0.3, 0.4) is 0 Å². The van der Waals surface area contributed by atoms with E-state index < -0.39 is 0 Å². The lowest BCUT2D eigenvalue weighted by atomic mass is 10.2. The Hall–Kier alpha value is -0.320. The minimum atomic E-state index is 0. The molecular weight excluding hydrogens is 228 g/mol. The first-order chi connectivity index (χ1) is 7.24. The molecule has 2 rings (SSSR count). The summed E-state index contributed by atoms with van der Waals surface area (Å²) >= 11 is 0. The van der Waals surface area contributed by atoms with Gasteiger partial charge in [0.15, 0.2) is 0 Å². The van der Waals surface area contributed by atoms with Crippen LogP contribution in [0, 0.1) is 5.92 Å². The Morgan fingerprint density at radius 1 is 1.56 bits per heavy atom. The molecule has 3 atom stereocenters. The van der Waals surface area contributed by atoms with Crippen LogP contribution in [0.4, 0.5) is 0 Å². The molecule has 0 aromatic heterocycles. The van der Waals surface area contributed by atoms with Gasteiger partial charge in [-0.15, -0.1) is 12.4 Å². The van der Waals surface area contributed by atoms with Gasteiger partial charge in [-0.3, -0.25) is 4.79 Å². The van der Waals surface area contributed by atoms with Crippen molar-refractivity contribution in [3.63, 3.8) is 0 Å². The number of nitrogens with one attached hydrogen (secondary N) is 1. The molecule has 1 saturated heterocycles. The van der Waals surface area contributed by atoms with Gasteiger partial charge in [0.05, 0.1) is 12.0 Å². The highest BCUT2D eigenvalue weighted by Crippen LogP contribution is 2.35. The molecule has 0 bridgehead atoms. The number of likely N-dealkylation sites (N-methyl/N-ethyl adjacent to an activating group) is 1. The molecule has 3 unspecified atom stereocenters. The summed E-state index contributed by atoms with van der Waals surface area (Å²) in [5, 5.41) is 3.28. The molecule has 5 heteroatoms. The lowest BCUT2D eigenvalue weighted by Gasteiger charge is -2.23. The lowest BCUT2D eigenvalue weighted by molar-refractivity contribution is -0.134. The molecule has 1 heterocycles. The fourth-order valence-corrected chi connectivity index (χ4v) is 2.24. The van der Waals surface area contributed by atoms with Gasteiger partial charge in [-0.2, -0.15) is 0 Å². The van der Waals surface area contributed by atoms with Gasteiger partial charge in [-0.25, -0.2) is 0 Å². The van der Waals surface area contributed by atoms with Gasteiger partial charge in [0, 0.05) is 26.2 Å². The Morgan fingerprint density at radius 3 is 2.88 bits per heavy atom. The van der Waals surface area contributed by atoms with E-state index in [4.69, 9.17) is 4.74 Å². The molecule has 1 aliphatic heterocycles. The maximum absolute atomic E-state index is 12.0. The third-order valence-electron chi connectivity index (χ3n) is 3.36. The minimum Gasteiger partial charge on any atom is -0.378 e. The van der Waals surface area contributed by atoms with E-state index in [-0.39, 0.29) is 30.3 Å². The van der Waals surface area contributed by atoms with Crippen molar-refractivity contribution in [2.45, 2.75) is 31.9 Å². The Balaban J connectivity index is 0.00000128. The van der Waals surface area contributed by atoms with Gasteiger partial charge in [-0.1, -0.05) is 0 Å². The fraction of sp³-hybridized carbons (Fsp3) is 0.909. The maximum atomic E-state index is 12.0. The standard InChI is InChI=1S/C11H20N2O2.ClH/c1-3-15-10-6-9(10)11(14)13(2)8-4-5-12-7-8;/h8-10,12H,3-7H2,1-2H3;1H. The van der Waals surface area contributed by atoms with Crippen molar-refractivity contribution in [1.29, 1.82) is 0 Å². The van der Waals surface area contributed by atoms with Crippen molar-refractivity contribution in [2.75, 3.05) is 26.7 Å². The summed E-state index contributed by atoms with van der Waals surface area (Å²) in [6.45, 7) is 4.66. The number of nitrogens with zero attached hydrogens (tertiary/aromatic N) is 1. The minimum absolute atomic E-state index is 0. The maximum Gasteiger partial charge on any atom is 0.228 e. The zero-order valence-corrected chi connectivity index (χ0v) is 10.8. The smallest absolute Gasteiger partial charge is 0.228 e. The molecule has 0 spiro atoms. The van der Waals surface area contributed by atoms with E-state index in [1.54, 1.807) is 0 Å². The number of carbonyl (C=O) groups excluding carboxylic acids is 1. The Kier molecular flexibility index (Phi) is 5.02. The molecule has 4 nitrogen and oxygen atoms in total. The van der Waals surface area contributed by atoms with Gasteiger partial charge in [0.1, 0.15) is 0 Å². The number of rotatable bonds is 4. The SMILES string of the molecule is CCOC1CC1C(=O)N(C)C1CCNC1.Cl. The summed E-state index contributed by atoms with van der Waals surface area (Å²) in [5.41, 5.74) is 0. The fourth-order valence-electron chi connectivity index (χ4n) is 2.24. The highest BCUT2D eigenvalue weighted by Gasteiger charge is 2.46. The molecule has 1 N–H and O–H groups in total. The molecule has 2 aliphatic rings. The van der Waals surface area contributed by atoms with Gasteiger partial charge >= 0.3 is 0 Å². The molecule has 0 aromatic rings. The molecule has 1 saturated carbocycles. The Morgan fingerprint density at radius 2 is 2.31 bits per heavy atom. The molecule has 0 aromatic carbocycles. The molecule has 1 aliphatic carbocycles. The van der Waals surface area contributed by atoms with Crippen molar-refractivity contribution in [3.05, 3.63) is 0 Å². The predicted octanol–water partition coefficient (Wildman–Crippen LogP) is 0.653. The lowest BCUT2D eigenvalue weighted by Crippen LogP contribution is -2.39. The monoisotopic (exact) mass is 248 g/mol. The van der Waals surface area contributed by atoms with E-state index in [1.807, 2.05) is 18.9 Å². The number of hydrogen-bond donors (Lipinski definition) is 1. The molecule has 0 radical (unpaired) electrons. The van der Waals surface area contributed by atoms with E-state index >= 15 is 0 Å². The van der Waals surface area contributed by atoms with E-state index in [9.17, 15) is 4.79 Å². The van der Waals surface area contributed by atoms with E-state index in [0.717, 1.165) is 25.9 Å². The van der Waals surface area contributed by atoms with Crippen LogP contribution < -0.4 is 5.32 Å². The van der Waals surface area contributed by atoms with Crippen LogP contribution in [0.15, 0.2) is 0 Å². The predicted molar refractivity (Wildman–Crippen MR) is 64.8 cm³/mol. The Bertz CT molecular complexity index is 244. The van der Waals surface area contributed by atoms with Crippen LogP contribution >= 0.6 is 12.4 Å². The third kappa shape index (κ3) is 2.87. The topological polar surface area (TPSA) is 41.6 Å². The first-order valence-electron chi connectivity index (χ1n) is 5.83. The van der Waals surface area contributed by atoms with Gasteiger partial charge < -0.3 is 15.0 Å². The van der Waals surface area contributed by atoms with Crippen LogP contribution in [0.25, 0.3) is 0 Å². The number of carbonyl (C=O) groups is 1. The van der Waals surface area contributed by atoms with Crippen LogP contribution in [0.2, 0.25) is 0 Å². The number of halogens is 1. The molecule has 1 amide bonds. The molecule has 94 valence electrons. The van der Waals surface area contributed by atoms with E-state index in [2.05, 4.69) is 5.32 Å². The van der Waals surface area contributed by atoms with Crippen molar-refractivity contribution < 1.29 is 9.53 Å². The van der Waals surface area contributed by atoms with Crippen LogP contribution in [0.5, 0.6) is 0 Å². The van der Waals surface area contributed by atoms with Gasteiger partial charge in [0.25, 0.3) is 0 Å². The second-order valence-corrected chi connectivity index (χ2v) is 4.43. The number of hydrogen-bond acceptors (Lipinski definition) is 3. The van der Waals surface area contributed by atoms with Crippen molar-refractivity contribution in [3.8, 4) is 0 Å². The largest absolute Gasteiger partial charge is 0.378 e. The average Bonchev–Trinajstić information content (AvgIpc) is 2.80. The first-order valence-corrected chi connectivity index (χ1v) is 5.83. The second-order valence-electron chi connectivity index (χ2n) is 4.43. The summed E-state index contributed by atoms with van der Waals surface area (Å²) in [5.74, 6) is 0.401. The summed E-state index contributed by atoms with van der Waals surface area (Å²) in [7, 11) is 1.92. The first kappa shape index (κ1) is 13.7. The average molecular weight is 249 g/mol. The van der Waals surface area contributed by atoms with E-state index in [1.165, 1.54) is 0 Å². The van der Waals surface area contributed by atoms with Gasteiger partial charge in [0.2, 0.25) is 5.91 Å². The molecule has 16 heavy (non-hydrogen) atoms. The highest BCUT2D eigenvalue weighted by atomic mass is 35.5. The number of amides is 1. The van der Waals surface area contributed by atoms with Gasteiger partial charge in [-0.05, 0) is 26.3 Å². The van der Waals surface area contributed by atoms with E-state index in [0.29, 0.717) is 12.6 Å². The third-order valence-corrected chi connectivity index (χ3v) is 3.36. The summed E-state index contributed by atoms with van der Waals surface area (Å²) in [4.78, 5) is 13.9. The number of ether oxygens (including phenoxy) is 1. The van der Waals surface area contributed by atoms with Crippen molar-refractivity contribution >= 4 is 18.3 Å². The summed E-state index contributed by atoms with van der Waals surface area (Å²) < 4.78 is 5.44. The zero-order chi connectivity index (χ0) is 10.8. The highest BCUT2D eigenvalue weighted by molar-refractivity contribution is 5.85. The van der Waals surface area contributed by atoms with Crippen molar-refractivity contribution in [2.24, 2.45) is 5.92 Å². The summed E-state index contributed by atoms with van der Waals surface area (Å²) in [6.07, 6.45) is 2.19. The van der Waals surface area contributed by atoms with Crippen molar-refractivity contribution in [1.82, 2.24) is 10.2 Å². The van der Waals surface area contributed by atoms with Crippen LogP contribution in [0.1, 0.15) is 19.8 Å². The van der Waals surface area contributed by atoms with Crippen LogP contribution in [-0.2, 0) is 9.53 Å². The van der Waals surface area contributed by atoms with Crippen LogP contribution in [-0.4, -0.2) is 49.7 Å². The quantitative estimate of drug-likeness (QED) is 0.795. The normalized spacial score (nSPS) is 32.0. The summed E-state index contributed by atoms with van der Waals surface area (Å²) in [6, 6.07) is 0.389. The Labute approximate surface area is 103 Å². The second kappa shape index (κ2) is 5.84. The molecular formula is C11H21ClN2O2.